The molecule has 6 heteroatoms. The molecule has 2 heterocycles. The average Bonchev–Trinajstić information content (AvgIpc) is 3.09. The van der Waals surface area contributed by atoms with Crippen LogP contribution in [0.1, 0.15) is 5.69 Å². The topological polar surface area (TPSA) is 52.0 Å². The molecule has 3 nitrogen and oxygen atoms in total. The molecule has 1 aromatic carbocycles. The van der Waals surface area contributed by atoms with Gasteiger partial charge in [-0.25, -0.2) is 4.98 Å². The van der Waals surface area contributed by atoms with Crippen molar-refractivity contribution in [1.82, 2.24) is 4.98 Å². The Labute approximate surface area is 129 Å². The second-order valence-electron chi connectivity index (χ2n) is 4.10. The predicted molar refractivity (Wildman–Crippen MR) is 85.2 cm³/mol. The zero-order valence-corrected chi connectivity index (χ0v) is 12.8. The van der Waals surface area contributed by atoms with Crippen LogP contribution in [0.2, 0.25) is 5.02 Å². The zero-order valence-electron chi connectivity index (χ0n) is 10.4. The highest BCUT2D eigenvalue weighted by molar-refractivity contribution is 7.98. The summed E-state index contributed by atoms with van der Waals surface area (Å²) in [6, 6.07) is 9.26. The van der Waals surface area contributed by atoms with Crippen LogP contribution in [0.5, 0.6) is 0 Å². The normalized spacial score (nSPS) is 10.8. The molecule has 2 aromatic heterocycles. The van der Waals surface area contributed by atoms with E-state index in [2.05, 4.69) is 4.98 Å². The first kappa shape index (κ1) is 13.5. The van der Waals surface area contributed by atoms with Crippen molar-refractivity contribution >= 4 is 40.4 Å². The molecular weight excluding hydrogens is 312 g/mol. The van der Waals surface area contributed by atoms with E-state index in [9.17, 15) is 0 Å². The molecule has 0 aliphatic carbocycles. The molecule has 3 aromatic rings. The average molecular weight is 323 g/mol. The molecule has 2 N–H and O–H groups in total. The zero-order chi connectivity index (χ0) is 13.9. The van der Waals surface area contributed by atoms with Gasteiger partial charge in [0.1, 0.15) is 0 Å². The Morgan fingerprint density at radius 2 is 2.25 bits per heavy atom. The van der Waals surface area contributed by atoms with Gasteiger partial charge in [-0.15, -0.1) is 23.1 Å². The molecule has 0 radical (unpaired) electrons. The van der Waals surface area contributed by atoms with Gasteiger partial charge in [0.2, 0.25) is 0 Å². The van der Waals surface area contributed by atoms with Gasteiger partial charge >= 0.3 is 0 Å². The smallest absolute Gasteiger partial charge is 0.162 e. The van der Waals surface area contributed by atoms with E-state index < -0.39 is 0 Å². The highest BCUT2D eigenvalue weighted by Gasteiger charge is 2.08. The molecule has 0 unspecified atom stereocenters. The van der Waals surface area contributed by atoms with Gasteiger partial charge in [-0.2, -0.15) is 0 Å². The number of hydrogen-bond donors (Lipinski definition) is 1. The Balaban J connectivity index is 1.71. The number of aromatic nitrogens is 1. The van der Waals surface area contributed by atoms with Gasteiger partial charge in [0.05, 0.1) is 17.0 Å². The van der Waals surface area contributed by atoms with E-state index in [4.69, 9.17) is 21.8 Å². The Kier molecular flexibility index (Phi) is 4.00. The molecule has 0 aliphatic rings. The molecular formula is C14H11ClN2OS2. The summed E-state index contributed by atoms with van der Waals surface area (Å²) in [5.41, 5.74) is 7.49. The number of benzene rings is 1. The van der Waals surface area contributed by atoms with Crippen molar-refractivity contribution < 1.29 is 4.42 Å². The molecule has 0 spiro atoms. The number of nitrogens with zero attached hydrogens (tertiary/aromatic N) is 1. The molecule has 0 bridgehead atoms. The van der Waals surface area contributed by atoms with Crippen LogP contribution in [0.25, 0.3) is 10.8 Å². The summed E-state index contributed by atoms with van der Waals surface area (Å²) in [4.78, 5) is 5.52. The molecule has 0 amide bonds. The van der Waals surface area contributed by atoms with Gasteiger partial charge in [0.25, 0.3) is 0 Å². The van der Waals surface area contributed by atoms with E-state index in [1.165, 1.54) is 0 Å². The van der Waals surface area contributed by atoms with Crippen molar-refractivity contribution in [3.63, 3.8) is 0 Å². The fourth-order valence-electron chi connectivity index (χ4n) is 1.67. The molecule has 0 fully saturated rings. The van der Waals surface area contributed by atoms with Crippen molar-refractivity contribution in [2.24, 2.45) is 0 Å². The van der Waals surface area contributed by atoms with Gasteiger partial charge in [-0.1, -0.05) is 11.6 Å². The van der Waals surface area contributed by atoms with Crippen molar-refractivity contribution in [2.45, 2.75) is 10.6 Å². The lowest BCUT2D eigenvalue weighted by atomic mass is 10.3. The third-order valence-electron chi connectivity index (χ3n) is 2.61. The monoisotopic (exact) mass is 322 g/mol. The highest BCUT2D eigenvalue weighted by atomic mass is 35.5. The van der Waals surface area contributed by atoms with Crippen LogP contribution in [0.4, 0.5) is 5.69 Å². The Morgan fingerprint density at radius 3 is 3.05 bits per heavy atom. The van der Waals surface area contributed by atoms with E-state index in [-0.39, 0.29) is 0 Å². The van der Waals surface area contributed by atoms with Crippen LogP contribution in [0, 0.1) is 0 Å². The molecule has 0 saturated heterocycles. The molecule has 0 saturated carbocycles. The first-order valence-electron chi connectivity index (χ1n) is 5.88. The fourth-order valence-corrected chi connectivity index (χ4v) is 3.72. The minimum absolute atomic E-state index is 0.714. The summed E-state index contributed by atoms with van der Waals surface area (Å²) in [7, 11) is 0. The summed E-state index contributed by atoms with van der Waals surface area (Å²) < 4.78 is 5.33. The lowest BCUT2D eigenvalue weighted by Crippen LogP contribution is -1.86. The van der Waals surface area contributed by atoms with Crippen LogP contribution >= 0.6 is 34.7 Å². The standard InChI is InChI=1S/C14H11ClN2OS2/c15-11-4-3-9(16)6-13(11)19-7-10-8-20-14(17-10)12-2-1-5-18-12/h1-6,8H,7,16H2. The summed E-state index contributed by atoms with van der Waals surface area (Å²) in [5, 5.41) is 3.64. The summed E-state index contributed by atoms with van der Waals surface area (Å²) in [5.74, 6) is 1.55. The van der Waals surface area contributed by atoms with E-state index in [1.54, 1.807) is 35.4 Å². The minimum atomic E-state index is 0.714. The lowest BCUT2D eigenvalue weighted by molar-refractivity contribution is 0.581. The van der Waals surface area contributed by atoms with Crippen molar-refractivity contribution in [3.05, 3.63) is 52.7 Å². The summed E-state index contributed by atoms with van der Waals surface area (Å²) in [6.07, 6.45) is 1.65. The highest BCUT2D eigenvalue weighted by Crippen LogP contribution is 2.32. The molecule has 102 valence electrons. The van der Waals surface area contributed by atoms with Gasteiger partial charge in [-0.3, -0.25) is 0 Å². The number of hydrogen-bond acceptors (Lipinski definition) is 5. The number of thiazole rings is 1. The Hall–Kier alpha value is -1.43. The maximum absolute atomic E-state index is 6.14. The van der Waals surface area contributed by atoms with Gasteiger partial charge < -0.3 is 10.2 Å². The number of nitrogens with two attached hydrogens (primary N) is 1. The number of rotatable bonds is 4. The summed E-state index contributed by atoms with van der Waals surface area (Å²) >= 11 is 9.34. The SMILES string of the molecule is Nc1ccc(Cl)c(SCc2csc(-c3ccco3)n2)c1. The second kappa shape index (κ2) is 5.91. The number of anilines is 1. The number of furan rings is 1. The van der Waals surface area contributed by atoms with E-state index >= 15 is 0 Å². The number of thioether (sulfide) groups is 1. The quantitative estimate of drug-likeness (QED) is 0.546. The first-order valence-corrected chi connectivity index (χ1v) is 8.13. The van der Waals surface area contributed by atoms with Crippen molar-refractivity contribution in [1.29, 1.82) is 0 Å². The van der Waals surface area contributed by atoms with Crippen LogP contribution in [0.15, 0.2) is 51.3 Å². The summed E-state index contributed by atoms with van der Waals surface area (Å²) in [6.45, 7) is 0. The van der Waals surface area contributed by atoms with Crippen LogP contribution in [-0.4, -0.2) is 4.98 Å². The van der Waals surface area contributed by atoms with Gasteiger partial charge in [0, 0.05) is 21.7 Å². The molecule has 3 rings (SSSR count). The Morgan fingerprint density at radius 1 is 1.35 bits per heavy atom. The van der Waals surface area contributed by atoms with Gasteiger partial charge in [-0.05, 0) is 30.3 Å². The fraction of sp³-hybridized carbons (Fsp3) is 0.0714. The minimum Gasteiger partial charge on any atom is -0.462 e. The van der Waals surface area contributed by atoms with Crippen molar-refractivity contribution in [3.8, 4) is 10.8 Å². The molecule has 20 heavy (non-hydrogen) atoms. The van der Waals surface area contributed by atoms with Crippen LogP contribution in [0.3, 0.4) is 0 Å². The maximum Gasteiger partial charge on any atom is 0.162 e. The lowest BCUT2D eigenvalue weighted by Gasteiger charge is -2.03. The largest absolute Gasteiger partial charge is 0.462 e. The van der Waals surface area contributed by atoms with Crippen molar-refractivity contribution in [2.75, 3.05) is 5.73 Å². The number of halogens is 1. The van der Waals surface area contributed by atoms with Gasteiger partial charge in [0.15, 0.2) is 10.8 Å². The van der Waals surface area contributed by atoms with Crippen LogP contribution < -0.4 is 5.73 Å². The van der Waals surface area contributed by atoms with Crippen LogP contribution in [-0.2, 0) is 5.75 Å². The van der Waals surface area contributed by atoms with E-state index in [0.29, 0.717) is 10.7 Å². The molecule has 0 aliphatic heterocycles. The second-order valence-corrected chi connectivity index (χ2v) is 6.38. The Bertz CT molecular complexity index is 710. The van der Waals surface area contributed by atoms with E-state index in [0.717, 1.165) is 27.1 Å². The maximum atomic E-state index is 6.14. The third kappa shape index (κ3) is 3.00. The number of nitrogen functional groups attached to an aromatic ring is 1. The molecule has 0 atom stereocenters. The predicted octanol–water partition coefficient (Wildman–Crippen LogP) is 4.93. The van der Waals surface area contributed by atoms with E-state index in [1.807, 2.05) is 29.6 Å². The third-order valence-corrected chi connectivity index (χ3v) is 5.05. The first-order chi connectivity index (χ1) is 9.72.